The lowest BCUT2D eigenvalue weighted by atomic mass is 10.1. The van der Waals surface area contributed by atoms with E-state index >= 15 is 0 Å². The zero-order valence-corrected chi connectivity index (χ0v) is 16.3. The van der Waals surface area contributed by atoms with Gasteiger partial charge < -0.3 is 15.0 Å². The number of aromatic nitrogens is 4. The first-order valence-corrected chi connectivity index (χ1v) is 10.0. The van der Waals surface area contributed by atoms with Crippen LogP contribution in [-0.4, -0.2) is 37.3 Å². The molecule has 0 amide bonds. The van der Waals surface area contributed by atoms with Crippen LogP contribution in [-0.2, 0) is 0 Å². The van der Waals surface area contributed by atoms with E-state index in [1.54, 1.807) is 6.92 Å². The van der Waals surface area contributed by atoms with Crippen LogP contribution in [0.2, 0.25) is 0 Å². The highest BCUT2D eigenvalue weighted by atomic mass is 16.3. The van der Waals surface area contributed by atoms with Gasteiger partial charge in [0.25, 0.3) is 0 Å². The Balaban J connectivity index is 1.65. The average molecular weight is 375 g/mol. The molecule has 0 radical (unpaired) electrons. The van der Waals surface area contributed by atoms with Gasteiger partial charge in [0.1, 0.15) is 17.3 Å². The van der Waals surface area contributed by atoms with E-state index < -0.39 is 6.10 Å². The van der Waals surface area contributed by atoms with Gasteiger partial charge in [-0.25, -0.2) is 9.97 Å². The number of nitrogens with zero attached hydrogens (tertiary/aromatic N) is 4. The largest absolute Gasteiger partial charge is 0.392 e. The summed E-state index contributed by atoms with van der Waals surface area (Å²) in [5.74, 6) is 2.54. The molecule has 5 rings (SSSR count). The maximum Gasteiger partial charge on any atom is 0.126 e. The fourth-order valence-electron chi connectivity index (χ4n) is 4.59. The first-order chi connectivity index (χ1) is 13.6. The highest BCUT2D eigenvalue weighted by Crippen LogP contribution is 2.52. The van der Waals surface area contributed by atoms with Crippen LogP contribution in [0.5, 0.6) is 0 Å². The second-order valence-corrected chi connectivity index (χ2v) is 8.02. The molecule has 1 saturated carbocycles. The van der Waals surface area contributed by atoms with Crippen molar-refractivity contribution in [3.05, 3.63) is 48.0 Å². The number of pyridine rings is 2. The van der Waals surface area contributed by atoms with Crippen molar-refractivity contribution in [2.24, 2.45) is 0 Å². The minimum atomic E-state index is -0.424. The van der Waals surface area contributed by atoms with Crippen LogP contribution in [0.3, 0.4) is 0 Å². The third-order valence-electron chi connectivity index (χ3n) is 5.82. The zero-order valence-electron chi connectivity index (χ0n) is 16.3. The Morgan fingerprint density at radius 2 is 2.14 bits per heavy atom. The van der Waals surface area contributed by atoms with Crippen molar-refractivity contribution in [2.75, 3.05) is 11.9 Å². The second kappa shape index (κ2) is 6.71. The summed E-state index contributed by atoms with van der Waals surface area (Å²) in [5, 5.41) is 12.8. The standard InChI is InChI=1S/C22H25N5O/c1-13-4-3-5-18(25-13)20-21(27-17-7-6-16(10-17)22(27)26-20)15-8-9-23-19(11-15)24-12-14(2)28/h3-5,8-9,11,14,16-17,28H,6-7,10,12H2,1-2H3,(H,23,24)/t14?,16-,17+/m0/s1. The van der Waals surface area contributed by atoms with Crippen LogP contribution in [0.25, 0.3) is 22.6 Å². The Kier molecular flexibility index (Phi) is 4.16. The number of rotatable bonds is 5. The van der Waals surface area contributed by atoms with E-state index in [1.807, 2.05) is 37.4 Å². The van der Waals surface area contributed by atoms with E-state index in [1.165, 1.54) is 25.1 Å². The summed E-state index contributed by atoms with van der Waals surface area (Å²) in [6.45, 7) is 4.25. The number of anilines is 1. The van der Waals surface area contributed by atoms with Gasteiger partial charge in [0.05, 0.1) is 17.5 Å². The maximum atomic E-state index is 9.57. The quantitative estimate of drug-likeness (QED) is 0.707. The van der Waals surface area contributed by atoms with Gasteiger partial charge in [-0.1, -0.05) is 6.07 Å². The summed E-state index contributed by atoms with van der Waals surface area (Å²) in [7, 11) is 0. The van der Waals surface area contributed by atoms with Gasteiger partial charge in [0.2, 0.25) is 0 Å². The Bertz CT molecular complexity index is 1030. The van der Waals surface area contributed by atoms with Gasteiger partial charge >= 0.3 is 0 Å². The summed E-state index contributed by atoms with van der Waals surface area (Å²) in [6, 6.07) is 10.7. The summed E-state index contributed by atoms with van der Waals surface area (Å²) < 4.78 is 2.45. The second-order valence-electron chi connectivity index (χ2n) is 8.02. The number of aryl methyl sites for hydroxylation is 1. The first-order valence-electron chi connectivity index (χ1n) is 10.0. The van der Waals surface area contributed by atoms with Gasteiger partial charge in [-0.15, -0.1) is 0 Å². The van der Waals surface area contributed by atoms with E-state index in [0.29, 0.717) is 18.5 Å². The molecule has 3 aromatic rings. The molecule has 4 heterocycles. The molecule has 1 fully saturated rings. The van der Waals surface area contributed by atoms with E-state index in [2.05, 4.69) is 20.9 Å². The zero-order chi connectivity index (χ0) is 19.3. The summed E-state index contributed by atoms with van der Waals surface area (Å²) in [5.41, 5.74) is 5.11. The monoisotopic (exact) mass is 375 g/mol. The van der Waals surface area contributed by atoms with Crippen molar-refractivity contribution >= 4 is 5.82 Å². The van der Waals surface area contributed by atoms with Crippen LogP contribution < -0.4 is 5.32 Å². The fourth-order valence-corrected chi connectivity index (χ4v) is 4.59. The van der Waals surface area contributed by atoms with Crippen molar-refractivity contribution in [2.45, 2.75) is 51.2 Å². The van der Waals surface area contributed by atoms with Crippen LogP contribution in [0, 0.1) is 6.92 Å². The van der Waals surface area contributed by atoms with Crippen molar-refractivity contribution in [1.29, 1.82) is 0 Å². The van der Waals surface area contributed by atoms with Crippen LogP contribution in [0.15, 0.2) is 36.5 Å². The normalized spacial score (nSPS) is 21.0. The van der Waals surface area contributed by atoms with Gasteiger partial charge in [0.15, 0.2) is 0 Å². The summed E-state index contributed by atoms with van der Waals surface area (Å²) >= 11 is 0. The van der Waals surface area contributed by atoms with Gasteiger partial charge in [-0.3, -0.25) is 4.98 Å². The lowest BCUT2D eigenvalue weighted by molar-refractivity contribution is 0.208. The predicted molar refractivity (Wildman–Crippen MR) is 109 cm³/mol. The molecule has 3 atom stereocenters. The predicted octanol–water partition coefficient (Wildman–Crippen LogP) is 3.93. The Morgan fingerprint density at radius 1 is 1.25 bits per heavy atom. The molecule has 3 aromatic heterocycles. The molecule has 1 aliphatic heterocycles. The van der Waals surface area contributed by atoms with Gasteiger partial charge in [0, 0.05) is 36.0 Å². The molecule has 6 nitrogen and oxygen atoms in total. The molecular weight excluding hydrogens is 350 g/mol. The van der Waals surface area contributed by atoms with Gasteiger partial charge in [-0.2, -0.15) is 0 Å². The number of imidazole rings is 1. The molecule has 0 spiro atoms. The molecule has 2 aliphatic rings. The van der Waals surface area contributed by atoms with Crippen molar-refractivity contribution in [3.8, 4) is 22.6 Å². The van der Waals surface area contributed by atoms with Crippen molar-refractivity contribution in [1.82, 2.24) is 19.5 Å². The molecule has 0 saturated heterocycles. The number of hydrogen-bond acceptors (Lipinski definition) is 5. The minimum absolute atomic E-state index is 0.424. The molecule has 1 unspecified atom stereocenters. The smallest absolute Gasteiger partial charge is 0.126 e. The summed E-state index contributed by atoms with van der Waals surface area (Å²) in [4.78, 5) is 14.3. The molecule has 6 heteroatoms. The molecule has 1 aliphatic carbocycles. The number of aliphatic hydroxyl groups is 1. The molecule has 0 aromatic carbocycles. The Morgan fingerprint density at radius 3 is 2.96 bits per heavy atom. The number of hydrogen-bond donors (Lipinski definition) is 2. The minimum Gasteiger partial charge on any atom is -0.392 e. The highest BCUT2D eigenvalue weighted by Gasteiger charge is 2.41. The number of fused-ring (bicyclic) bond motifs is 5. The van der Waals surface area contributed by atoms with Crippen molar-refractivity contribution < 1.29 is 5.11 Å². The molecule has 2 N–H and O–H groups in total. The van der Waals surface area contributed by atoms with Gasteiger partial charge in [-0.05, 0) is 57.4 Å². The number of nitrogens with one attached hydrogen (secondary N) is 1. The molecule has 28 heavy (non-hydrogen) atoms. The topological polar surface area (TPSA) is 75.9 Å². The highest BCUT2D eigenvalue weighted by molar-refractivity contribution is 5.79. The Hall–Kier alpha value is -2.73. The molecular formula is C22H25N5O. The molecule has 2 bridgehead atoms. The van der Waals surface area contributed by atoms with E-state index in [4.69, 9.17) is 9.97 Å². The maximum absolute atomic E-state index is 9.57. The van der Waals surface area contributed by atoms with Crippen molar-refractivity contribution in [3.63, 3.8) is 0 Å². The van der Waals surface area contributed by atoms with E-state index in [0.717, 1.165) is 34.2 Å². The molecule has 144 valence electrons. The summed E-state index contributed by atoms with van der Waals surface area (Å²) in [6.07, 6.45) is 5.06. The van der Waals surface area contributed by atoms with Crippen LogP contribution in [0.4, 0.5) is 5.82 Å². The first kappa shape index (κ1) is 17.4. The Labute approximate surface area is 164 Å². The lowest BCUT2D eigenvalue weighted by Crippen LogP contribution is -2.16. The number of aliphatic hydroxyl groups excluding tert-OH is 1. The van der Waals surface area contributed by atoms with E-state index in [-0.39, 0.29) is 0 Å². The lowest BCUT2D eigenvalue weighted by Gasteiger charge is -2.18. The van der Waals surface area contributed by atoms with E-state index in [9.17, 15) is 5.11 Å². The SMILES string of the molecule is Cc1cccc(-c2nc3n(c2-c2ccnc(NCC(C)O)c2)[C@@H]2CC[C@H]3C2)n1. The third kappa shape index (κ3) is 2.88. The van der Waals surface area contributed by atoms with Crippen LogP contribution >= 0.6 is 0 Å². The fraction of sp³-hybridized carbons (Fsp3) is 0.409. The third-order valence-corrected chi connectivity index (χ3v) is 5.82. The average Bonchev–Trinajstić information content (AvgIpc) is 3.38. The van der Waals surface area contributed by atoms with Crippen LogP contribution in [0.1, 0.15) is 49.7 Å².